The number of para-hydroxylation sites is 1. The molecule has 6 nitrogen and oxygen atoms in total. The average Bonchev–Trinajstić information content (AvgIpc) is 2.80. The Kier molecular flexibility index (Phi) is 6.22. The van der Waals surface area contributed by atoms with E-state index in [2.05, 4.69) is 0 Å². The number of ether oxygens (including phenoxy) is 3. The lowest BCUT2D eigenvalue weighted by Gasteiger charge is -2.13. The Hall–Kier alpha value is -2.06. The molecule has 1 aromatic rings. The highest BCUT2D eigenvalue weighted by molar-refractivity contribution is 8.26. The van der Waals surface area contributed by atoms with Crippen molar-refractivity contribution in [3.63, 3.8) is 0 Å². The third-order valence-corrected chi connectivity index (χ3v) is 4.63. The Bertz CT molecular complexity index is 702. The van der Waals surface area contributed by atoms with E-state index >= 15 is 0 Å². The molecule has 0 N–H and O–H groups in total. The molecule has 128 valence electrons. The molecule has 1 aromatic carbocycles. The average molecular weight is 367 g/mol. The van der Waals surface area contributed by atoms with Gasteiger partial charge in [0.1, 0.15) is 4.32 Å². The maximum Gasteiger partial charge on any atom is 0.344 e. The molecule has 1 aliphatic rings. The standard InChI is InChI=1S/C16H17NO5S2/c1-4-21-13(18)9-22-14-10(6-5-7-11(14)20-3)8-12-15(19)17(2)16(23)24-12/h5-8H,4,9H2,1-3H3/b12-8-. The molecular weight excluding hydrogens is 350 g/mol. The Morgan fingerprint density at radius 1 is 1.42 bits per heavy atom. The highest BCUT2D eigenvalue weighted by atomic mass is 32.2. The lowest BCUT2D eigenvalue weighted by molar-refractivity contribution is -0.145. The third kappa shape index (κ3) is 4.07. The van der Waals surface area contributed by atoms with Crippen LogP contribution in [-0.2, 0) is 14.3 Å². The minimum atomic E-state index is -0.478. The first-order valence-corrected chi connectivity index (χ1v) is 8.37. The summed E-state index contributed by atoms with van der Waals surface area (Å²) < 4.78 is 16.2. The van der Waals surface area contributed by atoms with Gasteiger partial charge in [0.2, 0.25) is 0 Å². The van der Waals surface area contributed by atoms with Gasteiger partial charge in [-0.3, -0.25) is 9.69 Å². The monoisotopic (exact) mass is 367 g/mol. The van der Waals surface area contributed by atoms with Crippen LogP contribution in [0.15, 0.2) is 23.1 Å². The highest BCUT2D eigenvalue weighted by Gasteiger charge is 2.29. The maximum absolute atomic E-state index is 12.1. The normalized spacial score (nSPS) is 15.8. The van der Waals surface area contributed by atoms with Crippen LogP contribution in [0.2, 0.25) is 0 Å². The van der Waals surface area contributed by atoms with Crippen molar-refractivity contribution >= 4 is 46.3 Å². The van der Waals surface area contributed by atoms with Crippen molar-refractivity contribution < 1.29 is 23.8 Å². The molecule has 2 rings (SSSR count). The van der Waals surface area contributed by atoms with Gasteiger partial charge in [0, 0.05) is 12.6 Å². The van der Waals surface area contributed by atoms with Crippen LogP contribution in [0.4, 0.5) is 0 Å². The van der Waals surface area contributed by atoms with E-state index in [9.17, 15) is 9.59 Å². The van der Waals surface area contributed by atoms with Crippen molar-refractivity contribution in [2.45, 2.75) is 6.92 Å². The van der Waals surface area contributed by atoms with Gasteiger partial charge in [-0.25, -0.2) is 4.79 Å². The number of thiocarbonyl (C=S) groups is 1. The van der Waals surface area contributed by atoms with Gasteiger partial charge in [-0.1, -0.05) is 36.1 Å². The van der Waals surface area contributed by atoms with E-state index in [-0.39, 0.29) is 19.1 Å². The second kappa shape index (κ2) is 8.16. The molecular formula is C16H17NO5S2. The number of hydrogen-bond donors (Lipinski definition) is 0. The van der Waals surface area contributed by atoms with Gasteiger partial charge >= 0.3 is 5.97 Å². The van der Waals surface area contributed by atoms with Crippen molar-refractivity contribution in [3.05, 3.63) is 28.7 Å². The van der Waals surface area contributed by atoms with Gasteiger partial charge in [0.15, 0.2) is 18.1 Å². The second-order valence-electron chi connectivity index (χ2n) is 4.71. The van der Waals surface area contributed by atoms with E-state index in [0.29, 0.717) is 26.3 Å². The smallest absolute Gasteiger partial charge is 0.344 e. The number of methoxy groups -OCH3 is 1. The van der Waals surface area contributed by atoms with Crippen molar-refractivity contribution in [3.8, 4) is 11.5 Å². The van der Waals surface area contributed by atoms with Crippen molar-refractivity contribution in [1.29, 1.82) is 0 Å². The van der Waals surface area contributed by atoms with Gasteiger partial charge in [-0.15, -0.1) is 0 Å². The van der Waals surface area contributed by atoms with Gasteiger partial charge in [-0.2, -0.15) is 0 Å². The van der Waals surface area contributed by atoms with E-state index < -0.39 is 5.97 Å². The lowest BCUT2D eigenvalue weighted by atomic mass is 10.1. The zero-order valence-electron chi connectivity index (χ0n) is 13.5. The molecule has 1 heterocycles. The predicted octanol–water partition coefficient (Wildman–Crippen LogP) is 2.47. The molecule has 0 aromatic heterocycles. The van der Waals surface area contributed by atoms with Gasteiger partial charge in [-0.05, 0) is 19.1 Å². The quantitative estimate of drug-likeness (QED) is 0.435. The number of benzene rings is 1. The minimum absolute atomic E-state index is 0.177. The zero-order valence-corrected chi connectivity index (χ0v) is 15.2. The van der Waals surface area contributed by atoms with Crippen LogP contribution >= 0.6 is 24.0 Å². The molecule has 1 saturated heterocycles. The van der Waals surface area contributed by atoms with Crippen molar-refractivity contribution in [2.24, 2.45) is 0 Å². The number of likely N-dealkylation sites (N-methyl/N-ethyl adjacent to an activating group) is 1. The molecule has 0 bridgehead atoms. The minimum Gasteiger partial charge on any atom is -0.493 e. The second-order valence-corrected chi connectivity index (χ2v) is 6.39. The first-order valence-electron chi connectivity index (χ1n) is 7.15. The molecule has 0 radical (unpaired) electrons. The van der Waals surface area contributed by atoms with E-state index in [4.69, 9.17) is 26.4 Å². The van der Waals surface area contributed by atoms with Crippen molar-refractivity contribution in [2.75, 3.05) is 27.4 Å². The summed E-state index contributed by atoms with van der Waals surface area (Å²) in [5, 5.41) is 0. The van der Waals surface area contributed by atoms with Crippen LogP contribution in [0, 0.1) is 0 Å². The van der Waals surface area contributed by atoms with Gasteiger partial charge in [0.25, 0.3) is 5.91 Å². The Labute approximate surface area is 149 Å². The summed E-state index contributed by atoms with van der Waals surface area (Å²) in [4.78, 5) is 25.6. The number of esters is 1. The molecule has 24 heavy (non-hydrogen) atoms. The fraction of sp³-hybridized carbons (Fsp3) is 0.312. The van der Waals surface area contributed by atoms with Crippen LogP contribution in [0.25, 0.3) is 6.08 Å². The third-order valence-electron chi connectivity index (χ3n) is 3.14. The number of thioether (sulfide) groups is 1. The topological polar surface area (TPSA) is 65.1 Å². The summed E-state index contributed by atoms with van der Waals surface area (Å²) in [5.74, 6) is 0.174. The molecule has 1 amide bonds. The van der Waals surface area contributed by atoms with Crippen LogP contribution in [-0.4, -0.2) is 48.5 Å². The summed E-state index contributed by atoms with van der Waals surface area (Å²) in [5.41, 5.74) is 0.618. The fourth-order valence-electron chi connectivity index (χ4n) is 1.98. The summed E-state index contributed by atoms with van der Waals surface area (Å²) in [6.07, 6.45) is 1.67. The Morgan fingerprint density at radius 2 is 2.17 bits per heavy atom. The Morgan fingerprint density at radius 3 is 2.75 bits per heavy atom. The number of rotatable bonds is 6. The first kappa shape index (κ1) is 18.3. The number of carbonyl (C=O) groups excluding carboxylic acids is 2. The SMILES string of the molecule is CCOC(=O)COc1c(/C=C2\SC(=S)N(C)C2=O)cccc1OC. The van der Waals surface area contributed by atoms with Crippen LogP contribution < -0.4 is 9.47 Å². The maximum atomic E-state index is 12.1. The summed E-state index contributed by atoms with van der Waals surface area (Å²) in [6.45, 7) is 1.75. The molecule has 0 saturated carbocycles. The predicted molar refractivity (Wildman–Crippen MR) is 96.1 cm³/mol. The van der Waals surface area contributed by atoms with Crippen molar-refractivity contribution in [1.82, 2.24) is 4.90 Å². The first-order chi connectivity index (χ1) is 11.5. The van der Waals surface area contributed by atoms with Crippen LogP contribution in [0.5, 0.6) is 11.5 Å². The van der Waals surface area contributed by atoms with Crippen LogP contribution in [0.1, 0.15) is 12.5 Å². The van der Waals surface area contributed by atoms with Crippen LogP contribution in [0.3, 0.4) is 0 Å². The number of nitrogens with zero attached hydrogens (tertiary/aromatic N) is 1. The van der Waals surface area contributed by atoms with E-state index in [1.165, 1.54) is 23.8 Å². The fourth-order valence-corrected chi connectivity index (χ4v) is 3.15. The van der Waals surface area contributed by atoms with E-state index in [0.717, 1.165) is 0 Å². The molecule has 0 spiro atoms. The van der Waals surface area contributed by atoms with E-state index in [1.807, 2.05) is 0 Å². The van der Waals surface area contributed by atoms with E-state index in [1.54, 1.807) is 38.2 Å². The molecule has 8 heteroatoms. The largest absolute Gasteiger partial charge is 0.493 e. The number of hydrogen-bond acceptors (Lipinski definition) is 7. The molecule has 0 unspecified atom stereocenters. The summed E-state index contributed by atoms with van der Waals surface area (Å²) in [6, 6.07) is 5.25. The zero-order chi connectivity index (χ0) is 17.7. The molecule has 1 fully saturated rings. The van der Waals surface area contributed by atoms with Gasteiger partial charge in [0.05, 0.1) is 18.6 Å². The Balaban J connectivity index is 2.31. The summed E-state index contributed by atoms with van der Waals surface area (Å²) in [7, 11) is 3.13. The lowest BCUT2D eigenvalue weighted by Crippen LogP contribution is -2.22. The summed E-state index contributed by atoms with van der Waals surface area (Å²) >= 11 is 6.33. The number of amides is 1. The highest BCUT2D eigenvalue weighted by Crippen LogP contribution is 2.37. The number of carbonyl (C=O) groups is 2. The molecule has 1 aliphatic heterocycles. The molecule has 0 atom stereocenters. The van der Waals surface area contributed by atoms with Gasteiger partial charge < -0.3 is 14.2 Å². The molecule has 0 aliphatic carbocycles.